The zero-order valence-electron chi connectivity index (χ0n) is 24.3. The van der Waals surface area contributed by atoms with Crippen molar-refractivity contribution in [1.82, 2.24) is 25.5 Å². The monoisotopic (exact) mass is 581 g/mol. The molecule has 11 nitrogen and oxygen atoms in total. The number of benzene rings is 2. The van der Waals surface area contributed by atoms with Crippen molar-refractivity contribution in [3.05, 3.63) is 71.2 Å². The van der Waals surface area contributed by atoms with Crippen LogP contribution in [0.15, 0.2) is 48.7 Å². The Morgan fingerprint density at radius 3 is 2.44 bits per heavy atom. The molecule has 11 heteroatoms. The van der Waals surface area contributed by atoms with Crippen molar-refractivity contribution in [2.45, 2.75) is 57.9 Å². The molecule has 0 spiro atoms. The maximum absolute atomic E-state index is 13.0. The van der Waals surface area contributed by atoms with Crippen LogP contribution < -0.4 is 16.0 Å². The zero-order valence-corrected chi connectivity index (χ0v) is 24.3. The summed E-state index contributed by atoms with van der Waals surface area (Å²) in [7, 11) is 0. The number of unbranched alkanes of at least 4 members (excludes halogenated alkanes) is 2. The van der Waals surface area contributed by atoms with Crippen LogP contribution in [0.5, 0.6) is 0 Å². The van der Waals surface area contributed by atoms with Crippen LogP contribution in [0.1, 0.15) is 84.0 Å². The first-order valence-electron chi connectivity index (χ1n) is 14.6. The lowest BCUT2D eigenvalue weighted by atomic mass is 10.0. The fraction of sp³-hybridized carbons (Fsp3) is 0.344. The number of allylic oxidation sites excluding steroid dienone is 1. The molecule has 1 fully saturated rings. The second kappa shape index (κ2) is 12.9. The van der Waals surface area contributed by atoms with Crippen LogP contribution in [-0.4, -0.2) is 63.8 Å². The highest BCUT2D eigenvalue weighted by atomic mass is 16.2. The van der Waals surface area contributed by atoms with Crippen molar-refractivity contribution in [1.29, 1.82) is 5.41 Å². The van der Waals surface area contributed by atoms with Crippen molar-refractivity contribution in [3.8, 4) is 0 Å². The van der Waals surface area contributed by atoms with Crippen molar-refractivity contribution < 1.29 is 19.2 Å². The molecule has 3 heterocycles. The SMILES string of the molecule is CC(C)c1nc2ccccc2nc1/C(C=N)=C/NCCCCCNc1ccc2c(c1)C(=O)N(C1CCC(=O)NC1=O)C2=O. The smallest absolute Gasteiger partial charge is 0.262 e. The summed E-state index contributed by atoms with van der Waals surface area (Å²) in [6.45, 7) is 5.56. The van der Waals surface area contributed by atoms with E-state index in [1.165, 1.54) is 6.21 Å². The minimum Gasteiger partial charge on any atom is -0.390 e. The Kier molecular flexibility index (Phi) is 8.89. The van der Waals surface area contributed by atoms with Gasteiger partial charge in [-0.05, 0) is 61.9 Å². The molecule has 43 heavy (non-hydrogen) atoms. The van der Waals surface area contributed by atoms with E-state index in [1.54, 1.807) is 18.2 Å². The van der Waals surface area contributed by atoms with Gasteiger partial charge in [0, 0.05) is 43.2 Å². The van der Waals surface area contributed by atoms with Gasteiger partial charge in [-0.25, -0.2) is 9.97 Å². The number of hydrogen-bond acceptors (Lipinski definition) is 9. The van der Waals surface area contributed by atoms with Crippen molar-refractivity contribution in [3.63, 3.8) is 0 Å². The molecule has 0 aliphatic carbocycles. The summed E-state index contributed by atoms with van der Waals surface area (Å²) in [5.41, 5.74) is 5.15. The number of nitrogens with one attached hydrogen (secondary N) is 4. The summed E-state index contributed by atoms with van der Waals surface area (Å²) in [6.07, 6.45) is 6.12. The molecule has 2 aromatic carbocycles. The first-order valence-corrected chi connectivity index (χ1v) is 14.6. The summed E-state index contributed by atoms with van der Waals surface area (Å²) in [6, 6.07) is 11.8. The molecule has 4 amide bonds. The lowest BCUT2D eigenvalue weighted by Crippen LogP contribution is -2.54. The number of fused-ring (bicyclic) bond motifs is 2. The van der Waals surface area contributed by atoms with E-state index in [-0.39, 0.29) is 29.9 Å². The lowest BCUT2D eigenvalue weighted by Gasteiger charge is -2.27. The third kappa shape index (κ3) is 6.30. The van der Waals surface area contributed by atoms with Gasteiger partial charge in [0.25, 0.3) is 11.8 Å². The molecule has 3 aromatic rings. The van der Waals surface area contributed by atoms with E-state index in [4.69, 9.17) is 15.4 Å². The molecule has 4 N–H and O–H groups in total. The molecule has 1 aromatic heterocycles. The number of piperidine rings is 1. The highest BCUT2D eigenvalue weighted by molar-refractivity contribution is 6.23. The van der Waals surface area contributed by atoms with Gasteiger partial charge in [-0.1, -0.05) is 26.0 Å². The van der Waals surface area contributed by atoms with Gasteiger partial charge < -0.3 is 16.0 Å². The molecule has 1 atom stereocenters. The van der Waals surface area contributed by atoms with Gasteiger partial charge in [0.1, 0.15) is 6.04 Å². The molecular weight excluding hydrogens is 546 g/mol. The number of aromatic nitrogens is 2. The number of carbonyl (C=O) groups is 4. The average molecular weight is 582 g/mol. The van der Waals surface area contributed by atoms with Crippen LogP contribution in [0.2, 0.25) is 0 Å². The number of carbonyl (C=O) groups excluding carboxylic acids is 4. The van der Waals surface area contributed by atoms with E-state index < -0.39 is 29.7 Å². The normalized spacial score (nSPS) is 17.0. The Balaban J connectivity index is 1.10. The molecule has 0 radical (unpaired) electrons. The van der Waals surface area contributed by atoms with E-state index in [0.717, 1.165) is 58.8 Å². The van der Waals surface area contributed by atoms with E-state index >= 15 is 0 Å². The van der Waals surface area contributed by atoms with Gasteiger partial charge in [0.15, 0.2) is 0 Å². The quantitative estimate of drug-likeness (QED) is 0.142. The fourth-order valence-corrected chi connectivity index (χ4v) is 5.33. The summed E-state index contributed by atoms with van der Waals surface area (Å²) in [5.74, 6) is -1.88. The van der Waals surface area contributed by atoms with Gasteiger partial charge in [-0.2, -0.15) is 0 Å². The number of rotatable bonds is 12. The standard InChI is InChI=1S/C32H35N7O4/c1-19(2)28-29(37-25-9-5-4-8-24(25)36-28)20(17-33)18-34-14-6-3-7-15-35-21-10-11-22-23(16-21)32(43)39(31(22)42)26-12-13-27(40)38-30(26)41/h4-5,8-11,16-19,26,33-35H,3,6-7,12-15H2,1-2H3,(H,38,40,41)/b20-18+,33-17?. The van der Waals surface area contributed by atoms with Crippen LogP contribution in [0.25, 0.3) is 16.6 Å². The summed E-state index contributed by atoms with van der Waals surface area (Å²) in [4.78, 5) is 60.2. The Morgan fingerprint density at radius 1 is 1.00 bits per heavy atom. The molecule has 0 bridgehead atoms. The molecule has 1 unspecified atom stereocenters. The third-order valence-corrected chi connectivity index (χ3v) is 7.60. The van der Waals surface area contributed by atoms with Crippen molar-refractivity contribution in [2.24, 2.45) is 0 Å². The van der Waals surface area contributed by atoms with Crippen molar-refractivity contribution in [2.75, 3.05) is 18.4 Å². The number of nitrogens with zero attached hydrogens (tertiary/aromatic N) is 3. The fourth-order valence-electron chi connectivity index (χ4n) is 5.33. The van der Waals surface area contributed by atoms with Gasteiger partial charge in [0.05, 0.1) is 33.5 Å². The Bertz CT molecular complexity index is 1630. The van der Waals surface area contributed by atoms with Crippen LogP contribution in [0.4, 0.5) is 5.69 Å². The predicted molar refractivity (Wildman–Crippen MR) is 164 cm³/mol. The minimum atomic E-state index is -0.974. The number of anilines is 1. The number of amides is 4. The molecule has 5 rings (SSSR count). The topological polar surface area (TPSA) is 157 Å². The van der Waals surface area contributed by atoms with Crippen LogP contribution >= 0.6 is 0 Å². The van der Waals surface area contributed by atoms with Crippen molar-refractivity contribution >= 4 is 52.1 Å². The Morgan fingerprint density at radius 2 is 1.72 bits per heavy atom. The van der Waals surface area contributed by atoms with E-state index in [2.05, 4.69) is 29.8 Å². The molecule has 2 aliphatic heterocycles. The van der Waals surface area contributed by atoms with Gasteiger partial charge in [-0.15, -0.1) is 0 Å². The first-order chi connectivity index (χ1) is 20.8. The molecule has 0 saturated carbocycles. The summed E-state index contributed by atoms with van der Waals surface area (Å²) >= 11 is 0. The van der Waals surface area contributed by atoms with Crippen LogP contribution in [0, 0.1) is 5.41 Å². The second-order valence-electron chi connectivity index (χ2n) is 11.0. The Hall–Kier alpha value is -4.93. The average Bonchev–Trinajstić information content (AvgIpc) is 3.24. The highest BCUT2D eigenvalue weighted by Gasteiger charge is 2.44. The van der Waals surface area contributed by atoms with E-state index in [0.29, 0.717) is 12.1 Å². The first kappa shape index (κ1) is 29.6. The molecular formula is C32H35N7O4. The number of hydrogen-bond donors (Lipinski definition) is 4. The maximum Gasteiger partial charge on any atom is 0.262 e. The van der Waals surface area contributed by atoms with Gasteiger partial charge in [0.2, 0.25) is 11.8 Å². The zero-order chi connectivity index (χ0) is 30.5. The highest BCUT2D eigenvalue weighted by Crippen LogP contribution is 2.29. The molecule has 2 aliphatic rings. The summed E-state index contributed by atoms with van der Waals surface area (Å²) < 4.78 is 0. The third-order valence-electron chi connectivity index (χ3n) is 7.60. The predicted octanol–water partition coefficient (Wildman–Crippen LogP) is 4.02. The van der Waals surface area contributed by atoms with Gasteiger partial charge in [-0.3, -0.25) is 29.4 Å². The minimum absolute atomic E-state index is 0.0878. The largest absolute Gasteiger partial charge is 0.390 e. The number of para-hydroxylation sites is 2. The van der Waals surface area contributed by atoms with E-state index in [9.17, 15) is 19.2 Å². The maximum atomic E-state index is 13.0. The molecule has 1 saturated heterocycles. The van der Waals surface area contributed by atoms with Gasteiger partial charge >= 0.3 is 0 Å². The molecule has 222 valence electrons. The second-order valence-corrected chi connectivity index (χ2v) is 11.0. The lowest BCUT2D eigenvalue weighted by molar-refractivity contribution is -0.136. The summed E-state index contributed by atoms with van der Waals surface area (Å²) in [5, 5.41) is 16.8. The Labute approximate surface area is 249 Å². The van der Waals surface area contributed by atoms with E-state index in [1.807, 2.05) is 30.5 Å². The van der Waals surface area contributed by atoms with Crippen LogP contribution in [-0.2, 0) is 9.59 Å². The van der Waals surface area contributed by atoms with Crippen LogP contribution in [0.3, 0.4) is 0 Å². The number of imide groups is 2.